The molecule has 2 aromatic carbocycles. The molecule has 0 saturated heterocycles. The lowest BCUT2D eigenvalue weighted by Crippen LogP contribution is -2.25. The Kier molecular flexibility index (Phi) is 5.64. The van der Waals surface area contributed by atoms with Crippen LogP contribution in [-0.4, -0.2) is 13.7 Å². The van der Waals surface area contributed by atoms with Gasteiger partial charge >= 0.3 is 0 Å². The molecule has 112 valence electrons. The minimum atomic E-state index is 0.536. The van der Waals surface area contributed by atoms with Gasteiger partial charge in [-0.15, -0.1) is 0 Å². The van der Waals surface area contributed by atoms with E-state index >= 15 is 0 Å². The van der Waals surface area contributed by atoms with Gasteiger partial charge in [-0.3, -0.25) is 0 Å². The number of hydrogen-bond donors (Lipinski definition) is 1. The van der Waals surface area contributed by atoms with Gasteiger partial charge in [-0.2, -0.15) is 0 Å². The Bertz CT molecular complexity index is 554. The molecule has 3 nitrogen and oxygen atoms in total. The van der Waals surface area contributed by atoms with Crippen molar-refractivity contribution in [1.29, 1.82) is 0 Å². The average Bonchev–Trinajstić information content (AvgIpc) is 2.55. The second-order valence-corrected chi connectivity index (χ2v) is 5.11. The summed E-state index contributed by atoms with van der Waals surface area (Å²) in [7, 11) is 1.70. The van der Waals surface area contributed by atoms with Gasteiger partial charge in [0.25, 0.3) is 0 Å². The summed E-state index contributed by atoms with van der Waals surface area (Å²) in [6.07, 6.45) is 1.09. The van der Waals surface area contributed by atoms with Crippen molar-refractivity contribution in [2.24, 2.45) is 5.73 Å². The molecule has 2 N–H and O–H groups in total. The molecule has 3 heteroatoms. The Morgan fingerprint density at radius 2 is 1.86 bits per heavy atom. The maximum Gasteiger partial charge on any atom is 0.120 e. The molecule has 2 aromatic rings. The molecule has 0 aliphatic carbocycles. The standard InChI is InChI=1S/C18H24N2O/c1-3-11-20(14-15-7-5-4-6-8-15)18-12-17(21-2)10-9-16(18)13-19/h4-10,12H,3,11,13-14,19H2,1-2H3. The molecule has 2 rings (SSSR count). The van der Waals surface area contributed by atoms with Crippen molar-refractivity contribution in [2.45, 2.75) is 26.4 Å². The molecule has 0 aromatic heterocycles. The molecule has 0 saturated carbocycles. The minimum absolute atomic E-state index is 0.536. The maximum atomic E-state index is 5.90. The first-order valence-corrected chi connectivity index (χ1v) is 7.44. The van der Waals surface area contributed by atoms with Crippen molar-refractivity contribution in [3.8, 4) is 5.75 Å². The highest BCUT2D eigenvalue weighted by atomic mass is 16.5. The van der Waals surface area contributed by atoms with Crippen molar-refractivity contribution in [3.63, 3.8) is 0 Å². The van der Waals surface area contributed by atoms with Gasteiger partial charge in [-0.1, -0.05) is 43.3 Å². The van der Waals surface area contributed by atoms with Crippen LogP contribution in [-0.2, 0) is 13.1 Å². The molecule has 0 aliphatic heterocycles. The lowest BCUT2D eigenvalue weighted by Gasteiger charge is -2.27. The van der Waals surface area contributed by atoms with Crippen molar-refractivity contribution in [1.82, 2.24) is 0 Å². The van der Waals surface area contributed by atoms with E-state index in [1.54, 1.807) is 7.11 Å². The molecule has 21 heavy (non-hydrogen) atoms. The third-order valence-electron chi connectivity index (χ3n) is 3.56. The van der Waals surface area contributed by atoms with Crippen LogP contribution in [0.2, 0.25) is 0 Å². The maximum absolute atomic E-state index is 5.90. The molecule has 0 spiro atoms. The Morgan fingerprint density at radius 3 is 2.48 bits per heavy atom. The summed E-state index contributed by atoms with van der Waals surface area (Å²) in [4.78, 5) is 2.38. The van der Waals surface area contributed by atoms with Gasteiger partial charge in [0.05, 0.1) is 7.11 Å². The Labute approximate surface area is 127 Å². The molecule has 0 unspecified atom stereocenters. The molecule has 0 radical (unpaired) electrons. The molecule has 0 aliphatic rings. The second-order valence-electron chi connectivity index (χ2n) is 5.11. The van der Waals surface area contributed by atoms with Crippen molar-refractivity contribution < 1.29 is 4.74 Å². The van der Waals surface area contributed by atoms with Crippen molar-refractivity contribution in [3.05, 3.63) is 59.7 Å². The molecule has 0 atom stereocenters. The van der Waals surface area contributed by atoms with E-state index in [1.807, 2.05) is 12.1 Å². The Balaban J connectivity index is 2.32. The lowest BCUT2D eigenvalue weighted by atomic mass is 10.1. The summed E-state index contributed by atoms with van der Waals surface area (Å²) < 4.78 is 5.37. The van der Waals surface area contributed by atoms with Gasteiger partial charge < -0.3 is 15.4 Å². The van der Waals surface area contributed by atoms with E-state index in [0.717, 1.165) is 30.8 Å². The fourth-order valence-electron chi connectivity index (χ4n) is 2.50. The van der Waals surface area contributed by atoms with Gasteiger partial charge in [0.2, 0.25) is 0 Å². The summed E-state index contributed by atoms with van der Waals surface area (Å²) in [5.41, 5.74) is 9.53. The fraction of sp³-hybridized carbons (Fsp3) is 0.333. The summed E-state index contributed by atoms with van der Waals surface area (Å²) in [5, 5.41) is 0. The number of ether oxygens (including phenoxy) is 1. The lowest BCUT2D eigenvalue weighted by molar-refractivity contribution is 0.414. The van der Waals surface area contributed by atoms with Crippen molar-refractivity contribution >= 4 is 5.69 Å². The molecule has 0 fully saturated rings. The predicted octanol–water partition coefficient (Wildman–Crippen LogP) is 3.57. The van der Waals surface area contributed by atoms with E-state index < -0.39 is 0 Å². The van der Waals surface area contributed by atoms with Crippen LogP contribution in [0.1, 0.15) is 24.5 Å². The number of rotatable bonds is 7. The van der Waals surface area contributed by atoms with E-state index in [2.05, 4.69) is 48.2 Å². The first-order valence-electron chi connectivity index (χ1n) is 7.44. The third kappa shape index (κ3) is 3.99. The summed E-state index contributed by atoms with van der Waals surface area (Å²) in [6.45, 7) is 4.61. The number of nitrogens with two attached hydrogens (primary N) is 1. The third-order valence-corrected chi connectivity index (χ3v) is 3.56. The minimum Gasteiger partial charge on any atom is -0.497 e. The fourth-order valence-corrected chi connectivity index (χ4v) is 2.50. The smallest absolute Gasteiger partial charge is 0.120 e. The van der Waals surface area contributed by atoms with Gasteiger partial charge in [0, 0.05) is 31.4 Å². The van der Waals surface area contributed by atoms with Crippen LogP contribution in [0, 0.1) is 0 Å². The molecule has 0 heterocycles. The van der Waals surface area contributed by atoms with Crippen LogP contribution < -0.4 is 15.4 Å². The van der Waals surface area contributed by atoms with Crippen LogP contribution >= 0.6 is 0 Å². The van der Waals surface area contributed by atoms with Gasteiger partial charge in [0.1, 0.15) is 5.75 Å². The Hall–Kier alpha value is -2.00. The summed E-state index contributed by atoms with van der Waals surface area (Å²) >= 11 is 0. The number of hydrogen-bond acceptors (Lipinski definition) is 3. The molecule has 0 bridgehead atoms. The zero-order chi connectivity index (χ0) is 15.1. The normalized spacial score (nSPS) is 10.4. The topological polar surface area (TPSA) is 38.5 Å². The molecular weight excluding hydrogens is 260 g/mol. The zero-order valence-corrected chi connectivity index (χ0v) is 12.9. The predicted molar refractivity (Wildman–Crippen MR) is 88.7 cm³/mol. The quantitative estimate of drug-likeness (QED) is 0.844. The van der Waals surface area contributed by atoms with E-state index in [1.165, 1.54) is 11.3 Å². The van der Waals surface area contributed by atoms with Gasteiger partial charge in [-0.05, 0) is 23.6 Å². The van der Waals surface area contributed by atoms with Crippen LogP contribution in [0.3, 0.4) is 0 Å². The van der Waals surface area contributed by atoms with Crippen LogP contribution in [0.4, 0.5) is 5.69 Å². The van der Waals surface area contributed by atoms with E-state index in [0.29, 0.717) is 6.54 Å². The highest BCUT2D eigenvalue weighted by Crippen LogP contribution is 2.27. The largest absolute Gasteiger partial charge is 0.497 e. The molecule has 0 amide bonds. The number of benzene rings is 2. The SMILES string of the molecule is CCCN(Cc1ccccc1)c1cc(OC)ccc1CN. The first kappa shape index (κ1) is 15.4. The number of anilines is 1. The first-order chi connectivity index (χ1) is 10.3. The van der Waals surface area contributed by atoms with Crippen LogP contribution in [0.5, 0.6) is 5.75 Å². The monoisotopic (exact) mass is 284 g/mol. The summed E-state index contributed by atoms with van der Waals surface area (Å²) in [5.74, 6) is 0.872. The van der Waals surface area contributed by atoms with E-state index in [4.69, 9.17) is 10.5 Å². The van der Waals surface area contributed by atoms with Gasteiger partial charge in [-0.25, -0.2) is 0 Å². The van der Waals surface area contributed by atoms with Crippen LogP contribution in [0.15, 0.2) is 48.5 Å². The van der Waals surface area contributed by atoms with Crippen molar-refractivity contribution in [2.75, 3.05) is 18.6 Å². The molecular formula is C18H24N2O. The van der Waals surface area contributed by atoms with E-state index in [-0.39, 0.29) is 0 Å². The Morgan fingerprint density at radius 1 is 1.10 bits per heavy atom. The van der Waals surface area contributed by atoms with E-state index in [9.17, 15) is 0 Å². The zero-order valence-electron chi connectivity index (χ0n) is 12.9. The second kappa shape index (κ2) is 7.70. The number of methoxy groups -OCH3 is 1. The highest BCUT2D eigenvalue weighted by Gasteiger charge is 2.12. The van der Waals surface area contributed by atoms with Crippen LogP contribution in [0.25, 0.3) is 0 Å². The number of nitrogens with zero attached hydrogens (tertiary/aromatic N) is 1. The highest BCUT2D eigenvalue weighted by molar-refractivity contribution is 5.57. The van der Waals surface area contributed by atoms with Gasteiger partial charge in [0.15, 0.2) is 0 Å². The summed E-state index contributed by atoms with van der Waals surface area (Å²) in [6, 6.07) is 16.6. The average molecular weight is 284 g/mol.